The molecule has 0 saturated heterocycles. The van der Waals surface area contributed by atoms with Crippen LogP contribution in [0.5, 0.6) is 5.75 Å². The van der Waals surface area contributed by atoms with Crippen molar-refractivity contribution in [1.82, 2.24) is 4.72 Å². The summed E-state index contributed by atoms with van der Waals surface area (Å²) in [5.41, 5.74) is -1.35. The van der Waals surface area contributed by atoms with Crippen molar-refractivity contribution in [3.63, 3.8) is 0 Å². The van der Waals surface area contributed by atoms with E-state index in [0.29, 0.717) is 0 Å². The van der Waals surface area contributed by atoms with Crippen LogP contribution in [0.3, 0.4) is 0 Å². The molecule has 0 amide bonds. The molecule has 1 aromatic rings. The zero-order valence-electron chi connectivity index (χ0n) is 16.8. The van der Waals surface area contributed by atoms with E-state index in [-0.39, 0.29) is 22.3 Å². The number of halogens is 1. The Morgan fingerprint density at radius 2 is 1.74 bits per heavy atom. The van der Waals surface area contributed by atoms with Gasteiger partial charge in [-0.3, -0.25) is 4.79 Å². The number of methoxy groups -OCH3 is 1. The Morgan fingerprint density at radius 3 is 2.22 bits per heavy atom. The molecule has 0 aliphatic rings. The third kappa shape index (κ3) is 8.04. The van der Waals surface area contributed by atoms with E-state index in [0.717, 1.165) is 0 Å². The average Bonchev–Trinajstić information content (AvgIpc) is 2.48. The van der Waals surface area contributed by atoms with Gasteiger partial charge >= 0.3 is 5.97 Å². The first-order valence-corrected chi connectivity index (χ1v) is 10.2. The summed E-state index contributed by atoms with van der Waals surface area (Å²) in [4.78, 5) is 12.3. The Balaban J connectivity index is 3.19. The van der Waals surface area contributed by atoms with E-state index in [4.69, 9.17) is 25.8 Å². The van der Waals surface area contributed by atoms with Gasteiger partial charge in [0.05, 0.1) is 19.3 Å². The fourth-order valence-corrected chi connectivity index (χ4v) is 3.57. The molecule has 0 radical (unpaired) electrons. The van der Waals surface area contributed by atoms with Gasteiger partial charge in [-0.1, -0.05) is 11.6 Å². The lowest BCUT2D eigenvalue weighted by molar-refractivity contribution is -0.159. The number of nitrogens with one attached hydrogen (secondary N) is 1. The number of benzene rings is 1. The fourth-order valence-electron chi connectivity index (χ4n) is 1.97. The molecule has 27 heavy (non-hydrogen) atoms. The van der Waals surface area contributed by atoms with Gasteiger partial charge in [0.2, 0.25) is 10.0 Å². The van der Waals surface area contributed by atoms with Crippen molar-refractivity contribution in [2.45, 2.75) is 63.7 Å². The first kappa shape index (κ1) is 23.7. The van der Waals surface area contributed by atoms with Gasteiger partial charge < -0.3 is 14.2 Å². The predicted molar refractivity (Wildman–Crippen MR) is 104 cm³/mol. The number of rotatable bonds is 7. The minimum Gasteiger partial charge on any atom is -0.495 e. The van der Waals surface area contributed by atoms with Gasteiger partial charge in [-0.25, -0.2) is 8.42 Å². The van der Waals surface area contributed by atoms with Crippen LogP contribution in [0.1, 0.15) is 41.5 Å². The Hall–Kier alpha value is -1.35. The van der Waals surface area contributed by atoms with E-state index in [1.54, 1.807) is 41.5 Å². The van der Waals surface area contributed by atoms with Crippen LogP contribution in [0.25, 0.3) is 0 Å². The predicted octanol–water partition coefficient (Wildman–Crippen LogP) is 3.15. The van der Waals surface area contributed by atoms with Crippen molar-refractivity contribution in [2.24, 2.45) is 0 Å². The van der Waals surface area contributed by atoms with E-state index in [1.165, 1.54) is 25.3 Å². The summed E-state index contributed by atoms with van der Waals surface area (Å²) in [6, 6.07) is 2.95. The van der Waals surface area contributed by atoms with E-state index in [1.807, 2.05) is 0 Å². The molecule has 0 aliphatic carbocycles. The minimum absolute atomic E-state index is 0.103. The highest BCUT2D eigenvalue weighted by Gasteiger charge is 2.32. The first-order valence-electron chi connectivity index (χ1n) is 8.37. The first-order chi connectivity index (χ1) is 12.1. The van der Waals surface area contributed by atoms with Crippen LogP contribution in [0.15, 0.2) is 23.1 Å². The normalized spacial score (nSPS) is 13.9. The van der Waals surface area contributed by atoms with Gasteiger partial charge in [0.25, 0.3) is 0 Å². The molecular formula is C18H28ClNO6S. The highest BCUT2D eigenvalue weighted by molar-refractivity contribution is 7.89. The maximum Gasteiger partial charge on any atom is 0.327 e. The number of ether oxygens (including phenoxy) is 3. The lowest BCUT2D eigenvalue weighted by atomic mass is 10.2. The lowest BCUT2D eigenvalue weighted by Crippen LogP contribution is -2.48. The second-order valence-electron chi connectivity index (χ2n) is 7.93. The smallest absolute Gasteiger partial charge is 0.327 e. The highest BCUT2D eigenvalue weighted by Crippen LogP contribution is 2.27. The van der Waals surface area contributed by atoms with Crippen LogP contribution < -0.4 is 9.46 Å². The number of carbonyl (C=O) groups is 1. The summed E-state index contributed by atoms with van der Waals surface area (Å²) >= 11 is 5.92. The molecule has 0 aromatic heterocycles. The monoisotopic (exact) mass is 421 g/mol. The number of sulfonamides is 1. The van der Waals surface area contributed by atoms with E-state index in [2.05, 4.69) is 4.72 Å². The topological polar surface area (TPSA) is 90.9 Å². The molecule has 1 rings (SSSR count). The van der Waals surface area contributed by atoms with Crippen LogP contribution in [0.2, 0.25) is 5.02 Å². The summed E-state index contributed by atoms with van der Waals surface area (Å²) in [6.45, 7) is 10.3. The van der Waals surface area contributed by atoms with E-state index >= 15 is 0 Å². The molecular weight excluding hydrogens is 394 g/mol. The summed E-state index contributed by atoms with van der Waals surface area (Å²) in [5.74, 6) is -0.636. The van der Waals surface area contributed by atoms with Gasteiger partial charge in [-0.2, -0.15) is 4.72 Å². The molecule has 0 spiro atoms. The standard InChI is InChI=1S/C18H28ClNO6S/c1-17(2,3)25-11-13(16(21)26-18(4,5)6)20-27(22,23)15-10-12(19)8-9-14(15)24-7/h8-10,13,20H,11H2,1-7H3. The molecule has 0 fully saturated rings. The van der Waals surface area contributed by atoms with Crippen LogP contribution in [-0.4, -0.2) is 45.3 Å². The maximum absolute atomic E-state index is 12.9. The molecule has 0 aliphatic heterocycles. The van der Waals surface area contributed by atoms with Crippen molar-refractivity contribution in [3.8, 4) is 5.75 Å². The van der Waals surface area contributed by atoms with Crippen molar-refractivity contribution < 1.29 is 27.4 Å². The quantitative estimate of drug-likeness (QED) is 0.680. The summed E-state index contributed by atoms with van der Waals surface area (Å²) in [6.07, 6.45) is 0. The van der Waals surface area contributed by atoms with Crippen molar-refractivity contribution in [3.05, 3.63) is 23.2 Å². The Bertz CT molecular complexity index is 765. The summed E-state index contributed by atoms with van der Waals surface area (Å²) < 4.78 is 44.1. The molecule has 1 N–H and O–H groups in total. The molecule has 0 bridgehead atoms. The van der Waals surface area contributed by atoms with Gasteiger partial charge in [0.15, 0.2) is 0 Å². The fraction of sp³-hybridized carbons (Fsp3) is 0.611. The highest BCUT2D eigenvalue weighted by atomic mass is 35.5. The van der Waals surface area contributed by atoms with E-state index < -0.39 is 33.2 Å². The molecule has 9 heteroatoms. The number of hydrogen-bond donors (Lipinski definition) is 1. The Labute approximate surface area is 166 Å². The third-order valence-corrected chi connectivity index (χ3v) is 4.81. The van der Waals surface area contributed by atoms with Crippen molar-refractivity contribution >= 4 is 27.6 Å². The van der Waals surface area contributed by atoms with Crippen LogP contribution >= 0.6 is 11.6 Å². The molecule has 0 heterocycles. The second-order valence-corrected chi connectivity index (χ2v) is 10.0. The molecule has 1 unspecified atom stereocenters. The minimum atomic E-state index is -4.13. The molecule has 154 valence electrons. The van der Waals surface area contributed by atoms with Crippen LogP contribution in [-0.2, 0) is 24.3 Å². The Kier molecular flexibility index (Phi) is 7.69. The summed E-state index contributed by atoms with van der Waals surface area (Å²) in [5, 5.41) is 0.218. The molecule has 7 nitrogen and oxygen atoms in total. The van der Waals surface area contributed by atoms with Crippen molar-refractivity contribution in [2.75, 3.05) is 13.7 Å². The van der Waals surface area contributed by atoms with Gasteiger partial charge in [0.1, 0.15) is 22.3 Å². The largest absolute Gasteiger partial charge is 0.495 e. The average molecular weight is 422 g/mol. The van der Waals surface area contributed by atoms with Crippen molar-refractivity contribution in [1.29, 1.82) is 0 Å². The Morgan fingerprint density at radius 1 is 1.15 bits per heavy atom. The molecule has 0 saturated carbocycles. The number of esters is 1. The van der Waals surface area contributed by atoms with Crippen LogP contribution in [0.4, 0.5) is 0 Å². The van der Waals surface area contributed by atoms with Crippen LogP contribution in [0, 0.1) is 0 Å². The maximum atomic E-state index is 12.9. The number of hydrogen-bond acceptors (Lipinski definition) is 6. The van der Waals surface area contributed by atoms with Gasteiger partial charge in [0, 0.05) is 5.02 Å². The lowest BCUT2D eigenvalue weighted by Gasteiger charge is -2.27. The molecule has 1 atom stereocenters. The zero-order valence-corrected chi connectivity index (χ0v) is 18.3. The van der Waals surface area contributed by atoms with Gasteiger partial charge in [-0.15, -0.1) is 0 Å². The number of carbonyl (C=O) groups excluding carboxylic acids is 1. The second kappa shape index (κ2) is 8.77. The molecule has 1 aromatic carbocycles. The SMILES string of the molecule is COc1ccc(Cl)cc1S(=O)(=O)NC(COC(C)(C)C)C(=O)OC(C)(C)C. The third-order valence-electron chi connectivity index (χ3n) is 3.09. The van der Waals surface area contributed by atoms with E-state index in [9.17, 15) is 13.2 Å². The van der Waals surface area contributed by atoms with Gasteiger partial charge in [-0.05, 0) is 59.7 Å². The summed E-state index contributed by atoms with van der Waals surface area (Å²) in [7, 11) is -2.79. The zero-order chi connectivity index (χ0) is 21.0.